The molecule has 56 heavy (non-hydrogen) atoms. The second-order valence-corrected chi connectivity index (χ2v) is 14.5. The van der Waals surface area contributed by atoms with E-state index in [1.54, 1.807) is 0 Å². The smallest absolute Gasteiger partial charge is 0.0544 e. The van der Waals surface area contributed by atoms with E-state index in [0.717, 1.165) is 29.9 Å². The van der Waals surface area contributed by atoms with Crippen molar-refractivity contribution in [3.05, 3.63) is 218 Å². The van der Waals surface area contributed by atoms with E-state index in [9.17, 15) is 0 Å². The summed E-state index contributed by atoms with van der Waals surface area (Å²) in [6.07, 6.45) is 8.82. The summed E-state index contributed by atoms with van der Waals surface area (Å²) in [6.45, 7) is 0. The van der Waals surface area contributed by atoms with Gasteiger partial charge in [0, 0.05) is 33.5 Å². The lowest BCUT2D eigenvalue weighted by atomic mass is 9.93. The molecular formula is C54H40N2. The molecule has 1 heterocycles. The molecule has 266 valence electrons. The van der Waals surface area contributed by atoms with Gasteiger partial charge in [0.15, 0.2) is 0 Å². The van der Waals surface area contributed by atoms with E-state index in [4.69, 9.17) is 0 Å². The number of rotatable bonds is 8. The monoisotopic (exact) mass is 716 g/mol. The predicted molar refractivity (Wildman–Crippen MR) is 239 cm³/mol. The van der Waals surface area contributed by atoms with Crippen molar-refractivity contribution in [3.63, 3.8) is 0 Å². The van der Waals surface area contributed by atoms with Crippen LogP contribution < -0.4 is 4.90 Å². The summed E-state index contributed by atoms with van der Waals surface area (Å²) in [5.41, 5.74) is 16.8. The molecule has 0 saturated heterocycles. The number of benzene rings is 8. The maximum absolute atomic E-state index is 2.47. The molecule has 10 rings (SSSR count). The number of para-hydroxylation sites is 1. The zero-order valence-corrected chi connectivity index (χ0v) is 31.1. The van der Waals surface area contributed by atoms with Crippen LogP contribution >= 0.6 is 0 Å². The number of nitrogens with zero attached hydrogens (tertiary/aromatic N) is 2. The molecule has 0 atom stereocenters. The molecule has 2 heteroatoms. The molecule has 8 aromatic carbocycles. The first-order chi connectivity index (χ1) is 27.8. The Bertz CT molecular complexity index is 2780. The Morgan fingerprint density at radius 3 is 1.41 bits per heavy atom. The molecule has 0 amide bonds. The Morgan fingerprint density at radius 2 is 0.839 bits per heavy atom. The summed E-state index contributed by atoms with van der Waals surface area (Å²) >= 11 is 0. The number of anilines is 3. The van der Waals surface area contributed by atoms with Gasteiger partial charge in [-0.25, -0.2) is 0 Å². The van der Waals surface area contributed by atoms with Gasteiger partial charge in [-0.1, -0.05) is 164 Å². The lowest BCUT2D eigenvalue weighted by Gasteiger charge is -2.26. The molecule has 2 nitrogen and oxygen atoms in total. The predicted octanol–water partition coefficient (Wildman–Crippen LogP) is 15.1. The zero-order chi connectivity index (χ0) is 37.3. The molecule has 0 N–H and O–H groups in total. The van der Waals surface area contributed by atoms with Crippen molar-refractivity contribution in [3.8, 4) is 44.5 Å². The largest absolute Gasteiger partial charge is 0.313 e. The van der Waals surface area contributed by atoms with Gasteiger partial charge in [-0.3, -0.25) is 0 Å². The minimum absolute atomic E-state index is 1.03. The highest BCUT2D eigenvalue weighted by atomic mass is 15.1. The highest BCUT2D eigenvalue weighted by molar-refractivity contribution is 6.11. The first kappa shape index (κ1) is 33.4. The molecule has 0 aliphatic heterocycles. The van der Waals surface area contributed by atoms with Crippen LogP contribution in [0.25, 0.3) is 72.0 Å². The molecule has 0 spiro atoms. The van der Waals surface area contributed by atoms with E-state index in [1.807, 2.05) is 0 Å². The van der Waals surface area contributed by atoms with Gasteiger partial charge >= 0.3 is 0 Å². The molecule has 0 bridgehead atoms. The summed E-state index contributed by atoms with van der Waals surface area (Å²) in [7, 11) is 0. The molecule has 1 aliphatic carbocycles. The van der Waals surface area contributed by atoms with Crippen LogP contribution in [0.4, 0.5) is 17.1 Å². The summed E-state index contributed by atoms with van der Waals surface area (Å²) in [4.78, 5) is 2.35. The Morgan fingerprint density at radius 1 is 0.375 bits per heavy atom. The molecule has 0 saturated carbocycles. The summed E-state index contributed by atoms with van der Waals surface area (Å²) in [6, 6.07) is 72.6. The molecule has 1 aliphatic rings. The number of hydrogen-bond donors (Lipinski definition) is 0. The van der Waals surface area contributed by atoms with Gasteiger partial charge in [0.25, 0.3) is 0 Å². The van der Waals surface area contributed by atoms with E-state index >= 15 is 0 Å². The highest BCUT2D eigenvalue weighted by Gasteiger charge is 2.18. The van der Waals surface area contributed by atoms with E-state index in [1.165, 1.54) is 72.0 Å². The van der Waals surface area contributed by atoms with Crippen molar-refractivity contribution in [2.75, 3.05) is 4.90 Å². The van der Waals surface area contributed by atoms with Crippen LogP contribution in [0.2, 0.25) is 0 Å². The van der Waals surface area contributed by atoms with Crippen molar-refractivity contribution >= 4 is 44.6 Å². The topological polar surface area (TPSA) is 8.17 Å². The zero-order valence-electron chi connectivity index (χ0n) is 31.1. The Labute approximate surface area is 328 Å². The normalized spacial score (nSPS) is 12.5. The molecule has 0 fully saturated rings. The first-order valence-electron chi connectivity index (χ1n) is 19.5. The van der Waals surface area contributed by atoms with Gasteiger partial charge in [-0.15, -0.1) is 0 Å². The minimum Gasteiger partial charge on any atom is -0.313 e. The van der Waals surface area contributed by atoms with Crippen LogP contribution in [0, 0.1) is 0 Å². The van der Waals surface area contributed by atoms with Crippen molar-refractivity contribution in [1.29, 1.82) is 0 Å². The summed E-state index contributed by atoms with van der Waals surface area (Å²) in [5, 5.41) is 2.58. The van der Waals surface area contributed by atoms with Gasteiger partial charge in [-0.2, -0.15) is 0 Å². The Balaban J connectivity index is 1.04. The highest BCUT2D eigenvalue weighted by Crippen LogP contribution is 2.41. The lowest BCUT2D eigenvalue weighted by Crippen LogP contribution is -2.09. The molecule has 9 aromatic rings. The number of allylic oxidation sites excluding steroid dienone is 4. The number of fused-ring (bicyclic) bond motifs is 3. The number of hydrogen-bond acceptors (Lipinski definition) is 1. The van der Waals surface area contributed by atoms with Gasteiger partial charge in [0.05, 0.1) is 11.0 Å². The third-order valence-electron chi connectivity index (χ3n) is 11.1. The SMILES string of the molecule is C1=CCCC(n2c3ccccc3c3ccc(-c4ccccc4-c4ccc(N(c5ccc(-c6ccccc6)cc5)c5ccc(-c6ccccc6)cc5)cc4)cc32)=C1. The second kappa shape index (κ2) is 14.6. The van der Waals surface area contributed by atoms with E-state index in [2.05, 4.69) is 228 Å². The molecule has 0 radical (unpaired) electrons. The van der Waals surface area contributed by atoms with Crippen LogP contribution in [0.3, 0.4) is 0 Å². The van der Waals surface area contributed by atoms with Gasteiger partial charge in [0.2, 0.25) is 0 Å². The van der Waals surface area contributed by atoms with E-state index in [-0.39, 0.29) is 0 Å². The lowest BCUT2D eigenvalue weighted by molar-refractivity contribution is 0.979. The van der Waals surface area contributed by atoms with E-state index < -0.39 is 0 Å². The van der Waals surface area contributed by atoms with Crippen LogP contribution in [-0.2, 0) is 0 Å². The van der Waals surface area contributed by atoms with Gasteiger partial charge in [-0.05, 0) is 112 Å². The summed E-state index contributed by atoms with van der Waals surface area (Å²) in [5.74, 6) is 0. The average molecular weight is 717 g/mol. The quantitative estimate of drug-likeness (QED) is 0.152. The fraction of sp³-hybridized carbons (Fsp3) is 0.0370. The maximum Gasteiger partial charge on any atom is 0.0544 e. The van der Waals surface area contributed by atoms with Crippen LogP contribution in [0.5, 0.6) is 0 Å². The van der Waals surface area contributed by atoms with Gasteiger partial charge in [0.1, 0.15) is 0 Å². The summed E-state index contributed by atoms with van der Waals surface area (Å²) < 4.78 is 2.47. The third-order valence-corrected chi connectivity index (χ3v) is 11.1. The standard InChI is InChI=1S/C54H40N2/c1-4-14-39(15-5-1)41-24-31-46(32-25-41)55(47-33-26-42(27-34-47)40-16-6-2-7-17-40)48-35-28-43(29-36-48)49-20-10-11-21-50(49)44-30-37-52-51-22-12-13-23-53(51)56(54(52)38-44)45-18-8-3-9-19-45/h1-8,10-18,20-38H,9,19H2. The fourth-order valence-electron chi connectivity index (χ4n) is 8.31. The Hall–Kier alpha value is -7.16. The maximum atomic E-state index is 2.47. The minimum atomic E-state index is 1.03. The average Bonchev–Trinajstić information content (AvgIpc) is 3.62. The van der Waals surface area contributed by atoms with Crippen LogP contribution in [0.15, 0.2) is 218 Å². The second-order valence-electron chi connectivity index (χ2n) is 14.5. The van der Waals surface area contributed by atoms with Crippen molar-refractivity contribution in [2.45, 2.75) is 12.8 Å². The molecule has 0 unspecified atom stereocenters. The van der Waals surface area contributed by atoms with Crippen LogP contribution in [-0.4, -0.2) is 4.57 Å². The number of aromatic nitrogens is 1. The van der Waals surface area contributed by atoms with E-state index in [0.29, 0.717) is 0 Å². The molecular weight excluding hydrogens is 677 g/mol. The van der Waals surface area contributed by atoms with Crippen LogP contribution in [0.1, 0.15) is 12.8 Å². The Kier molecular flexibility index (Phi) is 8.70. The van der Waals surface area contributed by atoms with Crippen molar-refractivity contribution < 1.29 is 0 Å². The molecule has 1 aromatic heterocycles. The van der Waals surface area contributed by atoms with Crippen molar-refractivity contribution in [1.82, 2.24) is 4.57 Å². The fourth-order valence-corrected chi connectivity index (χ4v) is 8.31. The third kappa shape index (κ3) is 6.22. The van der Waals surface area contributed by atoms with Gasteiger partial charge < -0.3 is 9.47 Å². The first-order valence-corrected chi connectivity index (χ1v) is 19.5. The van der Waals surface area contributed by atoms with Crippen molar-refractivity contribution in [2.24, 2.45) is 0 Å².